The van der Waals surface area contributed by atoms with E-state index in [0.29, 0.717) is 23.9 Å². The van der Waals surface area contributed by atoms with Crippen molar-refractivity contribution in [3.05, 3.63) is 29.1 Å². The Morgan fingerprint density at radius 3 is 2.62 bits per heavy atom. The number of nitrogens with zero attached hydrogens (tertiary/aromatic N) is 2. The standard InChI is InChI=1S/C13H16N2O5S/c1-4-5-11-14-10-7-9(13(16)20-3)6-8(2)12(10)15(11)21(17,18)19/h6-7H,4-5H2,1-3H3,(H,17,18,19). The summed E-state index contributed by atoms with van der Waals surface area (Å²) in [6.45, 7) is 3.52. The van der Waals surface area contributed by atoms with E-state index in [9.17, 15) is 17.8 Å². The number of aryl methyl sites for hydroxylation is 2. The van der Waals surface area contributed by atoms with Crippen molar-refractivity contribution in [1.29, 1.82) is 0 Å². The number of fused-ring (bicyclic) bond motifs is 1. The number of carbonyl (C=O) groups excluding carboxylic acids is 1. The number of rotatable bonds is 4. The van der Waals surface area contributed by atoms with Crippen molar-refractivity contribution in [3.63, 3.8) is 0 Å². The lowest BCUT2D eigenvalue weighted by Crippen LogP contribution is -2.15. The second kappa shape index (κ2) is 5.45. The molecular formula is C13H16N2O5S. The van der Waals surface area contributed by atoms with Gasteiger partial charge in [0, 0.05) is 6.42 Å². The fourth-order valence-electron chi connectivity index (χ4n) is 2.29. The summed E-state index contributed by atoms with van der Waals surface area (Å²) in [5.74, 6) is -0.293. The van der Waals surface area contributed by atoms with Crippen LogP contribution in [0.2, 0.25) is 0 Å². The highest BCUT2D eigenvalue weighted by Crippen LogP contribution is 2.24. The largest absolute Gasteiger partial charge is 0.465 e. The van der Waals surface area contributed by atoms with Gasteiger partial charge in [0.1, 0.15) is 5.82 Å². The van der Waals surface area contributed by atoms with Gasteiger partial charge < -0.3 is 4.74 Å². The van der Waals surface area contributed by atoms with Crippen LogP contribution in [0.3, 0.4) is 0 Å². The van der Waals surface area contributed by atoms with Gasteiger partial charge in [-0.15, -0.1) is 0 Å². The monoisotopic (exact) mass is 312 g/mol. The molecule has 0 fully saturated rings. The second-order valence-electron chi connectivity index (χ2n) is 4.67. The van der Waals surface area contributed by atoms with E-state index in [-0.39, 0.29) is 16.9 Å². The van der Waals surface area contributed by atoms with Crippen molar-refractivity contribution >= 4 is 27.3 Å². The Balaban J connectivity index is 2.83. The highest BCUT2D eigenvalue weighted by atomic mass is 32.2. The summed E-state index contributed by atoms with van der Waals surface area (Å²) in [5.41, 5.74) is 1.40. The van der Waals surface area contributed by atoms with E-state index >= 15 is 0 Å². The molecule has 8 heteroatoms. The number of benzene rings is 1. The third-order valence-electron chi connectivity index (χ3n) is 3.09. The Bertz CT molecular complexity index is 808. The maximum Gasteiger partial charge on any atom is 0.365 e. The summed E-state index contributed by atoms with van der Waals surface area (Å²) in [4.78, 5) is 15.8. The normalized spacial score (nSPS) is 11.8. The summed E-state index contributed by atoms with van der Waals surface area (Å²) in [6.07, 6.45) is 1.06. The zero-order chi connectivity index (χ0) is 15.8. The zero-order valence-corrected chi connectivity index (χ0v) is 12.8. The van der Waals surface area contributed by atoms with Crippen molar-refractivity contribution in [1.82, 2.24) is 8.96 Å². The highest BCUT2D eigenvalue weighted by molar-refractivity contribution is 7.84. The summed E-state index contributed by atoms with van der Waals surface area (Å²) in [6, 6.07) is 2.96. The van der Waals surface area contributed by atoms with E-state index in [0.717, 1.165) is 3.97 Å². The van der Waals surface area contributed by atoms with Crippen LogP contribution in [0.4, 0.5) is 0 Å². The second-order valence-corrected chi connectivity index (χ2v) is 5.93. The van der Waals surface area contributed by atoms with Crippen molar-refractivity contribution < 1.29 is 22.5 Å². The molecule has 2 aromatic rings. The molecule has 0 atom stereocenters. The van der Waals surface area contributed by atoms with Gasteiger partial charge in [0.25, 0.3) is 0 Å². The van der Waals surface area contributed by atoms with Gasteiger partial charge in [-0.2, -0.15) is 8.42 Å². The van der Waals surface area contributed by atoms with Gasteiger partial charge in [0.2, 0.25) is 0 Å². The average Bonchev–Trinajstić information content (AvgIpc) is 2.76. The molecule has 1 heterocycles. The minimum Gasteiger partial charge on any atom is -0.465 e. The van der Waals surface area contributed by atoms with Gasteiger partial charge in [0.15, 0.2) is 0 Å². The number of ether oxygens (including phenoxy) is 1. The minimum atomic E-state index is -4.46. The number of hydrogen-bond donors (Lipinski definition) is 1. The molecule has 114 valence electrons. The van der Waals surface area contributed by atoms with Crippen LogP contribution in [0.1, 0.15) is 35.1 Å². The molecule has 1 aromatic carbocycles. The molecule has 0 aliphatic heterocycles. The zero-order valence-electron chi connectivity index (χ0n) is 12.0. The van der Waals surface area contributed by atoms with E-state index in [1.165, 1.54) is 19.2 Å². The van der Waals surface area contributed by atoms with Crippen molar-refractivity contribution in [2.75, 3.05) is 7.11 Å². The maximum absolute atomic E-state index is 11.6. The van der Waals surface area contributed by atoms with Gasteiger partial charge in [0.05, 0.1) is 23.7 Å². The first-order chi connectivity index (χ1) is 9.79. The van der Waals surface area contributed by atoms with Crippen molar-refractivity contribution in [2.45, 2.75) is 26.7 Å². The van der Waals surface area contributed by atoms with Gasteiger partial charge >= 0.3 is 16.3 Å². The lowest BCUT2D eigenvalue weighted by molar-refractivity contribution is 0.0601. The molecule has 21 heavy (non-hydrogen) atoms. The molecular weight excluding hydrogens is 296 g/mol. The topological polar surface area (TPSA) is 98.5 Å². The molecule has 0 amide bonds. The minimum absolute atomic E-state index is 0.236. The van der Waals surface area contributed by atoms with Crippen molar-refractivity contribution in [3.8, 4) is 0 Å². The summed E-state index contributed by atoms with van der Waals surface area (Å²) in [7, 11) is -3.20. The number of imidazole rings is 1. The van der Waals surface area contributed by atoms with Crippen LogP contribution in [-0.4, -0.2) is 35.0 Å². The fraction of sp³-hybridized carbons (Fsp3) is 0.385. The molecule has 2 rings (SSSR count). The molecule has 0 unspecified atom stereocenters. The number of hydrogen-bond acceptors (Lipinski definition) is 5. The molecule has 0 spiro atoms. The van der Waals surface area contributed by atoms with Crippen LogP contribution >= 0.6 is 0 Å². The quantitative estimate of drug-likeness (QED) is 0.682. The maximum atomic E-state index is 11.6. The number of carbonyl (C=O) groups is 1. The Kier molecular flexibility index (Phi) is 4.02. The van der Waals surface area contributed by atoms with Crippen LogP contribution in [-0.2, 0) is 21.5 Å². The van der Waals surface area contributed by atoms with Crippen LogP contribution < -0.4 is 0 Å². The number of aromatic nitrogens is 2. The molecule has 1 aromatic heterocycles. The first-order valence-electron chi connectivity index (χ1n) is 6.37. The van der Waals surface area contributed by atoms with Gasteiger partial charge in [-0.25, -0.2) is 13.8 Å². The molecule has 7 nitrogen and oxygen atoms in total. The lowest BCUT2D eigenvalue weighted by Gasteiger charge is -2.07. The Morgan fingerprint density at radius 2 is 2.10 bits per heavy atom. The van der Waals surface area contributed by atoms with E-state index in [4.69, 9.17) is 0 Å². The molecule has 0 saturated carbocycles. The van der Waals surface area contributed by atoms with Gasteiger partial charge in [-0.3, -0.25) is 4.55 Å². The molecule has 0 aliphatic carbocycles. The van der Waals surface area contributed by atoms with Crippen LogP contribution in [0.25, 0.3) is 11.0 Å². The van der Waals surface area contributed by atoms with E-state index < -0.39 is 16.3 Å². The van der Waals surface area contributed by atoms with Crippen molar-refractivity contribution in [2.24, 2.45) is 0 Å². The molecule has 0 saturated heterocycles. The summed E-state index contributed by atoms with van der Waals surface area (Å²) < 4.78 is 38.1. The third-order valence-corrected chi connectivity index (χ3v) is 3.95. The van der Waals surface area contributed by atoms with Gasteiger partial charge in [-0.05, 0) is 31.0 Å². The fourth-order valence-corrected chi connectivity index (χ4v) is 3.16. The Hall–Kier alpha value is -1.93. The SMILES string of the molecule is CCCc1nc2cc(C(=O)OC)cc(C)c2n1S(=O)(=O)O. The van der Waals surface area contributed by atoms with Crippen LogP contribution in [0.15, 0.2) is 12.1 Å². The van der Waals surface area contributed by atoms with E-state index in [1.807, 2.05) is 6.92 Å². The molecule has 0 bridgehead atoms. The first kappa shape index (κ1) is 15.5. The van der Waals surface area contributed by atoms with E-state index in [1.54, 1.807) is 6.92 Å². The lowest BCUT2D eigenvalue weighted by atomic mass is 10.1. The smallest absolute Gasteiger partial charge is 0.365 e. The predicted octanol–water partition coefficient (Wildman–Crippen LogP) is 1.73. The third kappa shape index (κ3) is 2.77. The Morgan fingerprint density at radius 1 is 1.43 bits per heavy atom. The molecule has 1 N–H and O–H groups in total. The average molecular weight is 312 g/mol. The molecule has 0 radical (unpaired) electrons. The van der Waals surface area contributed by atoms with Crippen LogP contribution in [0.5, 0.6) is 0 Å². The number of esters is 1. The highest BCUT2D eigenvalue weighted by Gasteiger charge is 2.22. The van der Waals surface area contributed by atoms with Crippen LogP contribution in [0, 0.1) is 6.92 Å². The summed E-state index contributed by atoms with van der Waals surface area (Å²) >= 11 is 0. The predicted molar refractivity (Wildman–Crippen MR) is 76.8 cm³/mol. The van der Waals surface area contributed by atoms with E-state index in [2.05, 4.69) is 9.72 Å². The van der Waals surface area contributed by atoms with Gasteiger partial charge in [-0.1, -0.05) is 6.92 Å². The summed E-state index contributed by atoms with van der Waals surface area (Å²) in [5, 5.41) is 0. The Labute approximate surface area is 122 Å². The first-order valence-corrected chi connectivity index (χ1v) is 7.77. The number of methoxy groups -OCH3 is 1. The molecule has 0 aliphatic rings.